The second kappa shape index (κ2) is 9.26. The summed E-state index contributed by atoms with van der Waals surface area (Å²) in [5.74, 6) is 0.879. The molecule has 0 fully saturated rings. The summed E-state index contributed by atoms with van der Waals surface area (Å²) in [6.45, 7) is 8.23. The highest BCUT2D eigenvalue weighted by molar-refractivity contribution is 6.07. The van der Waals surface area contributed by atoms with Gasteiger partial charge in [-0.25, -0.2) is 0 Å². The van der Waals surface area contributed by atoms with Crippen LogP contribution < -0.4 is 4.74 Å². The lowest BCUT2D eigenvalue weighted by Gasteiger charge is -2.03. The quantitative estimate of drug-likeness (QED) is 0.661. The van der Waals surface area contributed by atoms with Crippen LogP contribution in [0.2, 0.25) is 0 Å². The van der Waals surface area contributed by atoms with Gasteiger partial charge in [0, 0.05) is 12.4 Å². The number of benzene rings is 1. The summed E-state index contributed by atoms with van der Waals surface area (Å²) in [6, 6.07) is 12.0. The minimum atomic E-state index is 0.666. The van der Waals surface area contributed by atoms with Crippen molar-refractivity contribution in [2.24, 2.45) is 4.99 Å². The van der Waals surface area contributed by atoms with Gasteiger partial charge in [0.2, 0.25) is 0 Å². The summed E-state index contributed by atoms with van der Waals surface area (Å²) in [5.41, 5.74) is 3.74. The minimum absolute atomic E-state index is 0.666. The van der Waals surface area contributed by atoms with Gasteiger partial charge in [-0.05, 0) is 49.2 Å². The van der Waals surface area contributed by atoms with Crippen molar-refractivity contribution in [2.75, 3.05) is 6.61 Å². The van der Waals surface area contributed by atoms with Gasteiger partial charge >= 0.3 is 0 Å². The zero-order valence-electron chi connectivity index (χ0n) is 14.1. The van der Waals surface area contributed by atoms with Gasteiger partial charge in [-0.15, -0.1) is 0 Å². The zero-order chi connectivity index (χ0) is 17.2. The summed E-state index contributed by atoms with van der Waals surface area (Å²) >= 11 is 0. The Bertz CT molecular complexity index is 756. The molecule has 0 amide bonds. The van der Waals surface area contributed by atoms with Crippen molar-refractivity contribution in [1.82, 2.24) is 4.98 Å². The van der Waals surface area contributed by atoms with Crippen LogP contribution in [0.25, 0.3) is 12.2 Å². The molecular formula is C21H22N2O. The van der Waals surface area contributed by atoms with E-state index < -0.39 is 0 Å². The number of hydrogen-bond acceptors (Lipinski definition) is 3. The van der Waals surface area contributed by atoms with Gasteiger partial charge in [-0.2, -0.15) is 0 Å². The van der Waals surface area contributed by atoms with Crippen molar-refractivity contribution in [2.45, 2.75) is 13.8 Å². The van der Waals surface area contributed by atoms with Gasteiger partial charge in [0.05, 0.1) is 18.0 Å². The molecule has 0 aliphatic carbocycles. The maximum Gasteiger partial charge on any atom is 0.119 e. The molecule has 0 spiro atoms. The first-order valence-corrected chi connectivity index (χ1v) is 7.95. The van der Waals surface area contributed by atoms with Gasteiger partial charge in [0.25, 0.3) is 0 Å². The lowest BCUT2D eigenvalue weighted by molar-refractivity contribution is 0.340. The largest absolute Gasteiger partial charge is 0.494 e. The first kappa shape index (κ1) is 17.4. The van der Waals surface area contributed by atoms with E-state index in [4.69, 9.17) is 4.74 Å². The highest BCUT2D eigenvalue weighted by Crippen LogP contribution is 2.16. The third-order valence-corrected chi connectivity index (χ3v) is 3.24. The standard InChI is InChI=1S/C21H22N2O/c1-4-8-20(22-5-2)21-14-13-18(16-23-21)12-11-17-9-7-10-19(15-17)24-6-3/h4-5,7-16H,2,6H2,1,3H3/b8-4-,12-11-,22-20?. The van der Waals surface area contributed by atoms with Gasteiger partial charge < -0.3 is 4.74 Å². The number of rotatable bonds is 7. The molecule has 0 radical (unpaired) electrons. The van der Waals surface area contributed by atoms with Crippen LogP contribution in [-0.2, 0) is 0 Å². The fraction of sp³-hybridized carbons (Fsp3) is 0.143. The summed E-state index contributed by atoms with van der Waals surface area (Å²) in [4.78, 5) is 8.70. The van der Waals surface area contributed by atoms with Crippen LogP contribution in [0.3, 0.4) is 0 Å². The van der Waals surface area contributed by atoms with E-state index >= 15 is 0 Å². The van der Waals surface area contributed by atoms with Gasteiger partial charge in [0.15, 0.2) is 0 Å². The topological polar surface area (TPSA) is 34.5 Å². The van der Waals surface area contributed by atoms with E-state index in [0.29, 0.717) is 6.61 Å². The van der Waals surface area contributed by atoms with Gasteiger partial charge in [-0.3, -0.25) is 9.98 Å². The van der Waals surface area contributed by atoms with Crippen molar-refractivity contribution in [1.29, 1.82) is 0 Å². The molecule has 0 atom stereocenters. The molecule has 1 aromatic heterocycles. The molecular weight excluding hydrogens is 296 g/mol. The van der Waals surface area contributed by atoms with E-state index in [1.165, 1.54) is 6.20 Å². The maximum atomic E-state index is 5.51. The molecule has 3 heteroatoms. The zero-order valence-corrected chi connectivity index (χ0v) is 14.1. The smallest absolute Gasteiger partial charge is 0.119 e. The second-order valence-electron chi connectivity index (χ2n) is 5.01. The Kier molecular flexibility index (Phi) is 6.72. The number of nitrogens with zero attached hydrogens (tertiary/aromatic N) is 2. The molecule has 2 aromatic rings. The number of pyridine rings is 1. The normalized spacial score (nSPS) is 12.0. The summed E-state index contributed by atoms with van der Waals surface area (Å²) < 4.78 is 5.51. The van der Waals surface area contributed by atoms with Gasteiger partial charge in [-0.1, -0.05) is 43.0 Å². The monoisotopic (exact) mass is 318 g/mol. The van der Waals surface area contributed by atoms with E-state index in [9.17, 15) is 0 Å². The maximum absolute atomic E-state index is 5.51. The molecule has 122 valence electrons. The number of aliphatic imine (C=N–C) groups is 1. The fourth-order valence-corrected chi connectivity index (χ4v) is 2.17. The van der Waals surface area contributed by atoms with Crippen molar-refractivity contribution in [3.8, 4) is 5.75 Å². The number of aromatic nitrogens is 1. The molecule has 2 rings (SSSR count). The van der Waals surface area contributed by atoms with E-state index in [2.05, 4.69) is 16.6 Å². The van der Waals surface area contributed by atoms with Crippen LogP contribution in [0.15, 0.2) is 72.5 Å². The average Bonchev–Trinajstić information content (AvgIpc) is 2.61. The van der Waals surface area contributed by atoms with Crippen molar-refractivity contribution >= 4 is 17.9 Å². The Hall–Kier alpha value is -2.94. The van der Waals surface area contributed by atoms with E-state index in [1.54, 1.807) is 0 Å². The Morgan fingerprint density at radius 3 is 2.71 bits per heavy atom. The molecule has 0 saturated carbocycles. The predicted octanol–water partition coefficient (Wildman–Crippen LogP) is 5.16. The molecule has 0 saturated heterocycles. The number of ether oxygens (including phenoxy) is 1. The molecule has 0 bridgehead atoms. The molecule has 3 nitrogen and oxygen atoms in total. The third-order valence-electron chi connectivity index (χ3n) is 3.24. The van der Waals surface area contributed by atoms with Crippen molar-refractivity contribution < 1.29 is 4.74 Å². The molecule has 0 aliphatic heterocycles. The third kappa shape index (κ3) is 5.06. The molecule has 1 aromatic carbocycles. The Labute approximate surface area is 143 Å². The summed E-state index contributed by atoms with van der Waals surface area (Å²) in [7, 11) is 0. The number of allylic oxidation sites excluding steroid dienone is 2. The van der Waals surface area contributed by atoms with Crippen LogP contribution >= 0.6 is 0 Å². The van der Waals surface area contributed by atoms with Gasteiger partial charge in [0.1, 0.15) is 5.75 Å². The van der Waals surface area contributed by atoms with E-state index in [0.717, 1.165) is 28.3 Å². The van der Waals surface area contributed by atoms with Crippen molar-refractivity contribution in [3.63, 3.8) is 0 Å². The Balaban J connectivity index is 2.15. The van der Waals surface area contributed by atoms with E-state index in [1.807, 2.05) is 80.7 Å². The summed E-state index contributed by atoms with van der Waals surface area (Å²) in [6.07, 6.45) is 11.3. The van der Waals surface area contributed by atoms with Crippen LogP contribution in [0, 0.1) is 0 Å². The highest BCUT2D eigenvalue weighted by Gasteiger charge is 2.00. The van der Waals surface area contributed by atoms with Crippen LogP contribution in [0.1, 0.15) is 30.7 Å². The first-order valence-electron chi connectivity index (χ1n) is 7.95. The van der Waals surface area contributed by atoms with Crippen LogP contribution in [0.5, 0.6) is 5.75 Å². The minimum Gasteiger partial charge on any atom is -0.494 e. The highest BCUT2D eigenvalue weighted by atomic mass is 16.5. The van der Waals surface area contributed by atoms with Crippen LogP contribution in [0.4, 0.5) is 0 Å². The average molecular weight is 318 g/mol. The molecule has 0 aliphatic rings. The Morgan fingerprint density at radius 2 is 2.04 bits per heavy atom. The van der Waals surface area contributed by atoms with Crippen LogP contribution in [-0.4, -0.2) is 17.3 Å². The SMILES string of the molecule is C=CN=C(/C=C\C)c1ccc(/C=C\c2cccc(OCC)c2)cn1. The molecule has 0 unspecified atom stereocenters. The molecule has 1 heterocycles. The summed E-state index contributed by atoms with van der Waals surface area (Å²) in [5, 5.41) is 0. The van der Waals surface area contributed by atoms with E-state index in [-0.39, 0.29) is 0 Å². The molecule has 24 heavy (non-hydrogen) atoms. The predicted molar refractivity (Wildman–Crippen MR) is 102 cm³/mol. The second-order valence-corrected chi connectivity index (χ2v) is 5.01. The number of hydrogen-bond donors (Lipinski definition) is 0. The van der Waals surface area contributed by atoms with Crippen molar-refractivity contribution in [3.05, 3.63) is 84.3 Å². The fourth-order valence-electron chi connectivity index (χ4n) is 2.17. The lowest BCUT2D eigenvalue weighted by atomic mass is 10.1. The molecule has 0 N–H and O–H groups in total. The Morgan fingerprint density at radius 1 is 1.21 bits per heavy atom. The first-order chi connectivity index (χ1) is 11.8. The lowest BCUT2D eigenvalue weighted by Crippen LogP contribution is -1.99.